The molecule has 1 aliphatic carbocycles. The predicted octanol–water partition coefficient (Wildman–Crippen LogP) is 1.57. The quantitative estimate of drug-likeness (QED) is 0.837. The van der Waals surface area contributed by atoms with Gasteiger partial charge in [0.25, 0.3) is 0 Å². The van der Waals surface area contributed by atoms with E-state index in [-0.39, 0.29) is 11.8 Å². The second-order valence-electron chi connectivity index (χ2n) is 5.56. The lowest BCUT2D eigenvalue weighted by atomic mass is 9.74. The van der Waals surface area contributed by atoms with Crippen LogP contribution in [0.15, 0.2) is 6.20 Å². The van der Waals surface area contributed by atoms with Crippen molar-refractivity contribution >= 4 is 11.6 Å². The lowest BCUT2D eigenvalue weighted by molar-refractivity contribution is -0.122. The Labute approximate surface area is 108 Å². The van der Waals surface area contributed by atoms with Crippen molar-refractivity contribution in [1.82, 2.24) is 9.78 Å². The third-order valence-corrected chi connectivity index (χ3v) is 4.06. The molecule has 0 spiro atoms. The molecule has 2 atom stereocenters. The molecule has 1 heterocycles. The van der Waals surface area contributed by atoms with E-state index >= 15 is 0 Å². The number of anilines is 1. The molecule has 0 radical (unpaired) electrons. The van der Waals surface area contributed by atoms with E-state index in [1.165, 1.54) is 0 Å². The van der Waals surface area contributed by atoms with Crippen LogP contribution in [-0.4, -0.2) is 21.2 Å². The van der Waals surface area contributed by atoms with Crippen molar-refractivity contribution in [2.45, 2.75) is 45.1 Å². The zero-order chi connectivity index (χ0) is 13.3. The summed E-state index contributed by atoms with van der Waals surface area (Å²) in [7, 11) is 1.86. The fourth-order valence-corrected chi connectivity index (χ4v) is 2.63. The number of carbonyl (C=O) groups excluding carboxylic acids is 1. The van der Waals surface area contributed by atoms with Crippen LogP contribution in [0, 0.1) is 12.8 Å². The van der Waals surface area contributed by atoms with Gasteiger partial charge < -0.3 is 11.1 Å². The van der Waals surface area contributed by atoms with E-state index in [0.717, 1.165) is 37.1 Å². The Bertz CT molecular complexity index is 450. The van der Waals surface area contributed by atoms with Gasteiger partial charge >= 0.3 is 0 Å². The Hall–Kier alpha value is -1.36. The largest absolute Gasteiger partial charge is 0.325 e. The van der Waals surface area contributed by atoms with Crippen LogP contribution < -0.4 is 11.1 Å². The highest BCUT2D eigenvalue weighted by molar-refractivity contribution is 5.93. The summed E-state index contributed by atoms with van der Waals surface area (Å²) < 4.78 is 1.75. The topological polar surface area (TPSA) is 72.9 Å². The SMILES string of the molecule is Cc1c(NC(=O)C2CCCCC2(C)N)cnn1C. The molecule has 100 valence electrons. The summed E-state index contributed by atoms with van der Waals surface area (Å²) in [5, 5.41) is 7.08. The normalized spacial score (nSPS) is 28.1. The predicted molar refractivity (Wildman–Crippen MR) is 71.1 cm³/mol. The number of rotatable bonds is 2. The summed E-state index contributed by atoms with van der Waals surface area (Å²) in [4.78, 5) is 12.3. The molecule has 5 heteroatoms. The Morgan fingerprint density at radius 1 is 1.61 bits per heavy atom. The number of carbonyl (C=O) groups is 1. The minimum Gasteiger partial charge on any atom is -0.325 e. The number of hydrogen-bond acceptors (Lipinski definition) is 3. The highest BCUT2D eigenvalue weighted by Crippen LogP contribution is 2.32. The minimum atomic E-state index is -0.390. The monoisotopic (exact) mass is 250 g/mol. The smallest absolute Gasteiger partial charge is 0.229 e. The van der Waals surface area contributed by atoms with E-state index in [1.54, 1.807) is 10.9 Å². The van der Waals surface area contributed by atoms with Crippen LogP contribution in [0.1, 0.15) is 38.3 Å². The van der Waals surface area contributed by atoms with Gasteiger partial charge in [0.2, 0.25) is 5.91 Å². The first-order chi connectivity index (χ1) is 8.42. The van der Waals surface area contributed by atoms with Gasteiger partial charge in [-0.05, 0) is 26.7 Å². The molecule has 1 aliphatic rings. The molecule has 2 unspecified atom stereocenters. The molecule has 0 bridgehead atoms. The highest BCUT2D eigenvalue weighted by Gasteiger charge is 2.37. The number of hydrogen-bond donors (Lipinski definition) is 2. The van der Waals surface area contributed by atoms with E-state index < -0.39 is 5.54 Å². The first kappa shape index (κ1) is 13.1. The van der Waals surface area contributed by atoms with Crippen LogP contribution in [0.2, 0.25) is 0 Å². The number of aromatic nitrogens is 2. The second kappa shape index (κ2) is 4.72. The van der Waals surface area contributed by atoms with Crippen molar-refractivity contribution in [3.63, 3.8) is 0 Å². The number of aryl methyl sites for hydroxylation is 1. The molecule has 1 saturated carbocycles. The van der Waals surface area contributed by atoms with Crippen LogP contribution >= 0.6 is 0 Å². The number of amides is 1. The van der Waals surface area contributed by atoms with Gasteiger partial charge in [-0.25, -0.2) is 0 Å². The lowest BCUT2D eigenvalue weighted by Gasteiger charge is -2.37. The molecule has 0 aromatic carbocycles. The van der Waals surface area contributed by atoms with Gasteiger partial charge in [-0.2, -0.15) is 5.10 Å². The van der Waals surface area contributed by atoms with Crippen molar-refractivity contribution in [2.24, 2.45) is 18.7 Å². The number of nitrogens with two attached hydrogens (primary N) is 1. The van der Waals surface area contributed by atoms with Crippen molar-refractivity contribution in [1.29, 1.82) is 0 Å². The van der Waals surface area contributed by atoms with Crippen LogP contribution in [0.3, 0.4) is 0 Å². The average molecular weight is 250 g/mol. The van der Waals surface area contributed by atoms with Gasteiger partial charge in [0, 0.05) is 12.6 Å². The molecule has 1 fully saturated rings. The number of nitrogens with zero attached hydrogens (tertiary/aromatic N) is 2. The molecule has 3 N–H and O–H groups in total. The van der Waals surface area contributed by atoms with Crippen LogP contribution in [0.4, 0.5) is 5.69 Å². The van der Waals surface area contributed by atoms with Gasteiger partial charge in [-0.3, -0.25) is 9.48 Å². The molecule has 0 aliphatic heterocycles. The standard InChI is InChI=1S/C13H22N4O/c1-9-11(8-15-17(9)3)16-12(18)10-6-4-5-7-13(10,2)14/h8,10H,4-7,14H2,1-3H3,(H,16,18). The Morgan fingerprint density at radius 2 is 2.33 bits per heavy atom. The zero-order valence-electron chi connectivity index (χ0n) is 11.4. The van der Waals surface area contributed by atoms with Crippen molar-refractivity contribution < 1.29 is 4.79 Å². The summed E-state index contributed by atoms with van der Waals surface area (Å²) >= 11 is 0. The molecule has 1 aromatic heterocycles. The highest BCUT2D eigenvalue weighted by atomic mass is 16.2. The first-order valence-electron chi connectivity index (χ1n) is 6.50. The molecule has 0 saturated heterocycles. The number of nitrogens with one attached hydrogen (secondary N) is 1. The fourth-order valence-electron chi connectivity index (χ4n) is 2.63. The maximum Gasteiger partial charge on any atom is 0.229 e. The maximum absolute atomic E-state index is 12.3. The minimum absolute atomic E-state index is 0.0239. The van der Waals surface area contributed by atoms with E-state index in [1.807, 2.05) is 20.9 Å². The molecule has 2 rings (SSSR count). The summed E-state index contributed by atoms with van der Waals surface area (Å²) in [5.41, 5.74) is 7.59. The average Bonchev–Trinajstić information content (AvgIpc) is 2.60. The molecular weight excluding hydrogens is 228 g/mol. The van der Waals surface area contributed by atoms with E-state index in [0.29, 0.717) is 0 Å². The van der Waals surface area contributed by atoms with E-state index in [9.17, 15) is 4.79 Å². The Balaban J connectivity index is 2.10. The molecule has 5 nitrogen and oxygen atoms in total. The molecule has 1 amide bonds. The van der Waals surface area contributed by atoms with Gasteiger partial charge in [-0.15, -0.1) is 0 Å². The Kier molecular flexibility index (Phi) is 3.43. The van der Waals surface area contributed by atoms with E-state index in [4.69, 9.17) is 5.73 Å². The summed E-state index contributed by atoms with van der Waals surface area (Å²) in [6, 6.07) is 0. The Morgan fingerprint density at radius 3 is 2.89 bits per heavy atom. The van der Waals surface area contributed by atoms with Gasteiger partial charge in [0.05, 0.1) is 23.5 Å². The lowest BCUT2D eigenvalue weighted by Crippen LogP contribution is -2.51. The maximum atomic E-state index is 12.3. The first-order valence-corrected chi connectivity index (χ1v) is 6.50. The van der Waals surface area contributed by atoms with Gasteiger partial charge in [0.15, 0.2) is 0 Å². The van der Waals surface area contributed by atoms with E-state index in [2.05, 4.69) is 10.4 Å². The van der Waals surface area contributed by atoms with Gasteiger partial charge in [0.1, 0.15) is 0 Å². The third kappa shape index (κ3) is 2.41. The fraction of sp³-hybridized carbons (Fsp3) is 0.692. The second-order valence-corrected chi connectivity index (χ2v) is 5.56. The zero-order valence-corrected chi connectivity index (χ0v) is 11.4. The van der Waals surface area contributed by atoms with Crippen molar-refractivity contribution in [3.8, 4) is 0 Å². The summed E-state index contributed by atoms with van der Waals surface area (Å²) in [6.45, 7) is 3.91. The molecule has 1 aromatic rings. The van der Waals surface area contributed by atoms with Crippen LogP contribution in [-0.2, 0) is 11.8 Å². The summed E-state index contributed by atoms with van der Waals surface area (Å²) in [6.07, 6.45) is 5.67. The van der Waals surface area contributed by atoms with Crippen molar-refractivity contribution in [2.75, 3.05) is 5.32 Å². The van der Waals surface area contributed by atoms with Gasteiger partial charge in [-0.1, -0.05) is 12.8 Å². The molecular formula is C13H22N4O. The van der Waals surface area contributed by atoms with Crippen molar-refractivity contribution in [3.05, 3.63) is 11.9 Å². The summed E-state index contributed by atoms with van der Waals surface area (Å²) in [5.74, 6) is -0.0818. The third-order valence-electron chi connectivity index (χ3n) is 4.06. The molecule has 18 heavy (non-hydrogen) atoms. The van der Waals surface area contributed by atoms with Crippen LogP contribution in [0.25, 0.3) is 0 Å². The van der Waals surface area contributed by atoms with Crippen LogP contribution in [0.5, 0.6) is 0 Å².